The number of phenols is 1. The molecule has 3 aromatic heterocycles. The number of hydrogen-bond acceptors (Lipinski definition) is 5. The molecule has 0 amide bonds. The average Bonchev–Trinajstić information content (AvgIpc) is 3.07. The SMILES string of the molecule is Cc1cccc(N[C@@H](c2ccc(C)s2)c2ccc3cccnc3c2O)n1. The van der Waals surface area contributed by atoms with Crippen LogP contribution in [0.15, 0.2) is 60.8 Å². The van der Waals surface area contributed by atoms with Crippen LogP contribution >= 0.6 is 11.3 Å². The maximum Gasteiger partial charge on any atom is 0.147 e. The van der Waals surface area contributed by atoms with Crippen molar-refractivity contribution in [1.82, 2.24) is 9.97 Å². The minimum absolute atomic E-state index is 0.200. The Balaban J connectivity index is 1.84. The van der Waals surface area contributed by atoms with Crippen molar-refractivity contribution >= 4 is 28.1 Å². The van der Waals surface area contributed by atoms with Crippen LogP contribution < -0.4 is 5.32 Å². The fraction of sp³-hybridized carbons (Fsp3) is 0.143. The number of nitrogens with one attached hydrogen (secondary N) is 1. The summed E-state index contributed by atoms with van der Waals surface area (Å²) in [4.78, 5) is 11.3. The minimum atomic E-state index is -0.200. The zero-order valence-corrected chi connectivity index (χ0v) is 15.4. The first-order valence-electron chi connectivity index (χ1n) is 8.45. The molecular weight excluding hydrogens is 342 g/mol. The molecule has 0 spiro atoms. The smallest absolute Gasteiger partial charge is 0.147 e. The maximum absolute atomic E-state index is 10.9. The quantitative estimate of drug-likeness (QED) is 0.523. The molecule has 1 atom stereocenters. The van der Waals surface area contributed by atoms with Crippen molar-refractivity contribution < 1.29 is 5.11 Å². The predicted molar refractivity (Wildman–Crippen MR) is 107 cm³/mol. The number of aromatic nitrogens is 2. The first-order chi connectivity index (χ1) is 12.6. The summed E-state index contributed by atoms with van der Waals surface area (Å²) in [5.41, 5.74) is 2.35. The van der Waals surface area contributed by atoms with Gasteiger partial charge in [0.05, 0.1) is 6.04 Å². The molecule has 0 unspecified atom stereocenters. The second-order valence-corrected chi connectivity index (χ2v) is 7.59. The van der Waals surface area contributed by atoms with E-state index in [0.717, 1.165) is 27.3 Å². The molecule has 1 aromatic carbocycles. The second kappa shape index (κ2) is 6.77. The van der Waals surface area contributed by atoms with Crippen LogP contribution in [0.2, 0.25) is 0 Å². The number of aromatic hydroxyl groups is 1. The van der Waals surface area contributed by atoms with E-state index in [0.29, 0.717) is 5.52 Å². The van der Waals surface area contributed by atoms with E-state index >= 15 is 0 Å². The molecule has 0 saturated carbocycles. The molecular formula is C21H19N3OS. The van der Waals surface area contributed by atoms with E-state index in [9.17, 15) is 5.11 Å². The first kappa shape index (κ1) is 16.5. The Kier molecular flexibility index (Phi) is 4.31. The maximum atomic E-state index is 10.9. The number of anilines is 1. The predicted octanol–water partition coefficient (Wildman–Crippen LogP) is 5.22. The lowest BCUT2D eigenvalue weighted by Crippen LogP contribution is -2.12. The Morgan fingerprint density at radius 2 is 1.88 bits per heavy atom. The summed E-state index contributed by atoms with van der Waals surface area (Å²) in [6.45, 7) is 4.05. The van der Waals surface area contributed by atoms with Crippen molar-refractivity contribution in [3.63, 3.8) is 0 Å². The summed E-state index contributed by atoms with van der Waals surface area (Å²) in [7, 11) is 0. The van der Waals surface area contributed by atoms with Crippen LogP contribution in [0.3, 0.4) is 0 Å². The van der Waals surface area contributed by atoms with Crippen molar-refractivity contribution in [3.8, 4) is 5.75 Å². The molecule has 2 N–H and O–H groups in total. The van der Waals surface area contributed by atoms with Crippen molar-refractivity contribution in [1.29, 1.82) is 0 Å². The molecule has 26 heavy (non-hydrogen) atoms. The summed E-state index contributed by atoms with van der Waals surface area (Å²) in [5.74, 6) is 0.987. The van der Waals surface area contributed by atoms with Gasteiger partial charge in [-0.05, 0) is 44.2 Å². The molecule has 0 aliphatic carbocycles. The number of benzene rings is 1. The van der Waals surface area contributed by atoms with Gasteiger partial charge < -0.3 is 10.4 Å². The number of phenolic OH excluding ortho intramolecular Hbond substituents is 1. The monoisotopic (exact) mass is 361 g/mol. The zero-order chi connectivity index (χ0) is 18.1. The fourth-order valence-corrected chi connectivity index (χ4v) is 4.01. The minimum Gasteiger partial charge on any atom is -0.505 e. The highest BCUT2D eigenvalue weighted by atomic mass is 32.1. The number of thiophene rings is 1. The molecule has 4 aromatic rings. The van der Waals surface area contributed by atoms with Gasteiger partial charge in [0.15, 0.2) is 0 Å². The van der Waals surface area contributed by atoms with Gasteiger partial charge >= 0.3 is 0 Å². The Hall–Kier alpha value is -2.92. The van der Waals surface area contributed by atoms with Gasteiger partial charge in [0.2, 0.25) is 0 Å². The van der Waals surface area contributed by atoms with Gasteiger partial charge in [0, 0.05) is 32.6 Å². The second-order valence-electron chi connectivity index (χ2n) is 6.27. The molecule has 0 saturated heterocycles. The largest absolute Gasteiger partial charge is 0.505 e. The summed E-state index contributed by atoms with van der Waals surface area (Å²) < 4.78 is 0. The summed E-state index contributed by atoms with van der Waals surface area (Å²) in [6.07, 6.45) is 1.70. The fourth-order valence-electron chi connectivity index (χ4n) is 3.06. The number of rotatable bonds is 4. The normalized spacial score (nSPS) is 12.2. The Labute approximate surface area is 156 Å². The van der Waals surface area contributed by atoms with Crippen LogP contribution in [0.25, 0.3) is 10.9 Å². The lowest BCUT2D eigenvalue weighted by molar-refractivity contribution is 0.472. The van der Waals surface area contributed by atoms with Crippen molar-refractivity contribution in [3.05, 3.63) is 81.8 Å². The number of aryl methyl sites for hydroxylation is 2. The molecule has 130 valence electrons. The van der Waals surface area contributed by atoms with E-state index in [-0.39, 0.29) is 11.8 Å². The summed E-state index contributed by atoms with van der Waals surface area (Å²) >= 11 is 1.71. The molecule has 4 nitrogen and oxygen atoms in total. The molecule has 4 rings (SSSR count). The van der Waals surface area contributed by atoms with Crippen LogP contribution in [-0.2, 0) is 0 Å². The standard InChI is InChI=1S/C21H19N3OS/c1-13-5-3-7-18(23-13)24-20(17-11-8-14(2)26-17)16-10-9-15-6-4-12-22-19(15)21(16)25/h3-12,20,25H,1-2H3,(H,23,24)/t20-/m1/s1. The van der Waals surface area contributed by atoms with Crippen molar-refractivity contribution in [2.75, 3.05) is 5.32 Å². The highest BCUT2D eigenvalue weighted by molar-refractivity contribution is 7.12. The van der Waals surface area contributed by atoms with E-state index in [4.69, 9.17) is 0 Å². The first-order valence-corrected chi connectivity index (χ1v) is 9.26. The third-order valence-corrected chi connectivity index (χ3v) is 5.38. The van der Waals surface area contributed by atoms with Gasteiger partial charge in [0.1, 0.15) is 17.1 Å². The third kappa shape index (κ3) is 3.13. The Morgan fingerprint density at radius 3 is 2.65 bits per heavy atom. The number of nitrogens with zero attached hydrogens (tertiary/aromatic N) is 2. The van der Waals surface area contributed by atoms with Gasteiger partial charge in [-0.3, -0.25) is 4.98 Å². The summed E-state index contributed by atoms with van der Waals surface area (Å²) in [5, 5.41) is 15.3. The number of fused-ring (bicyclic) bond motifs is 1. The van der Waals surface area contributed by atoms with Gasteiger partial charge in [-0.25, -0.2) is 4.98 Å². The number of pyridine rings is 2. The Morgan fingerprint density at radius 1 is 1.00 bits per heavy atom. The van der Waals surface area contributed by atoms with E-state index in [1.807, 2.05) is 49.4 Å². The Bertz CT molecular complexity index is 1070. The van der Waals surface area contributed by atoms with Crippen LogP contribution in [-0.4, -0.2) is 15.1 Å². The zero-order valence-electron chi connectivity index (χ0n) is 14.6. The highest BCUT2D eigenvalue weighted by Crippen LogP contribution is 2.38. The van der Waals surface area contributed by atoms with Crippen LogP contribution in [0.5, 0.6) is 5.75 Å². The van der Waals surface area contributed by atoms with Crippen LogP contribution in [0.1, 0.15) is 27.1 Å². The molecule has 0 aliphatic rings. The lowest BCUT2D eigenvalue weighted by Gasteiger charge is -2.20. The van der Waals surface area contributed by atoms with Crippen molar-refractivity contribution in [2.45, 2.75) is 19.9 Å². The van der Waals surface area contributed by atoms with Gasteiger partial charge in [0.25, 0.3) is 0 Å². The molecule has 0 bridgehead atoms. The third-order valence-electron chi connectivity index (χ3n) is 4.32. The van der Waals surface area contributed by atoms with Crippen LogP contribution in [0, 0.1) is 13.8 Å². The molecule has 0 radical (unpaired) electrons. The topological polar surface area (TPSA) is 58.0 Å². The van der Waals surface area contributed by atoms with Gasteiger partial charge in [-0.2, -0.15) is 0 Å². The van der Waals surface area contributed by atoms with E-state index in [1.54, 1.807) is 17.5 Å². The van der Waals surface area contributed by atoms with Crippen molar-refractivity contribution in [2.24, 2.45) is 0 Å². The van der Waals surface area contributed by atoms with Gasteiger partial charge in [-0.1, -0.05) is 24.3 Å². The molecule has 3 heterocycles. The lowest BCUT2D eigenvalue weighted by atomic mass is 10.0. The molecule has 0 fully saturated rings. The highest BCUT2D eigenvalue weighted by Gasteiger charge is 2.21. The van der Waals surface area contributed by atoms with Gasteiger partial charge in [-0.15, -0.1) is 11.3 Å². The molecule has 5 heteroatoms. The van der Waals surface area contributed by atoms with E-state index in [1.165, 1.54) is 4.88 Å². The van der Waals surface area contributed by atoms with E-state index in [2.05, 4.69) is 34.3 Å². The average molecular weight is 361 g/mol. The van der Waals surface area contributed by atoms with E-state index < -0.39 is 0 Å². The number of hydrogen-bond donors (Lipinski definition) is 2. The molecule has 0 aliphatic heterocycles. The summed E-state index contributed by atoms with van der Waals surface area (Å²) in [6, 6.07) is 17.6. The van der Waals surface area contributed by atoms with Crippen LogP contribution in [0.4, 0.5) is 5.82 Å².